The quantitative estimate of drug-likeness (QED) is 0.410. The topological polar surface area (TPSA) is 126 Å². The van der Waals surface area contributed by atoms with Crippen LogP contribution in [0.25, 0.3) is 0 Å². The first-order valence-corrected chi connectivity index (χ1v) is 3.67. The molecule has 0 aromatic carbocycles. The zero-order chi connectivity index (χ0) is 7.15. The Labute approximate surface area is 66.7 Å². The van der Waals surface area contributed by atoms with Gasteiger partial charge in [-0.2, -0.15) is 0 Å². The van der Waals surface area contributed by atoms with E-state index in [1.54, 1.807) is 0 Å². The molecular weight excluding hydrogens is 353 g/mol. The zero-order valence-corrected chi connectivity index (χ0v) is 8.04. The average Bonchev–Trinajstić information content (AvgIpc) is 1.25. The van der Waals surface area contributed by atoms with E-state index in [-0.39, 0.29) is 21.1 Å². The normalized spacial score (nSPS) is 7.78. The summed E-state index contributed by atoms with van der Waals surface area (Å²) in [6.45, 7) is 0. The van der Waals surface area contributed by atoms with E-state index in [0.717, 1.165) is 0 Å². The van der Waals surface area contributed by atoms with Crippen LogP contribution in [-0.4, -0.2) is 0 Å². The molecule has 0 aliphatic heterocycles. The van der Waals surface area contributed by atoms with Crippen LogP contribution < -0.4 is 19.6 Å². The molecule has 0 saturated carbocycles. The van der Waals surface area contributed by atoms with Crippen LogP contribution in [0.15, 0.2) is 0 Å². The molecule has 0 heterocycles. The summed E-state index contributed by atoms with van der Waals surface area (Å²) in [5.41, 5.74) is 0. The van der Waals surface area contributed by atoms with Crippen LogP contribution in [0, 0.1) is 0 Å². The summed E-state index contributed by atoms with van der Waals surface area (Å²) in [7, 11) is -7.26. The third kappa shape index (κ3) is 449. The van der Waals surface area contributed by atoms with Crippen molar-refractivity contribution >= 4 is 16.5 Å². The van der Waals surface area contributed by atoms with Crippen molar-refractivity contribution in [2.45, 2.75) is 0 Å². The molecule has 0 rings (SSSR count). The second-order valence-electron chi connectivity index (χ2n) is 0.500. The van der Waals surface area contributed by atoms with Gasteiger partial charge in [0.15, 0.2) is 0 Å². The third-order valence-corrected chi connectivity index (χ3v) is 0. The Morgan fingerprint density at radius 3 is 0.778 bits per heavy atom. The third-order valence-electron chi connectivity index (χ3n) is 0. The van der Waals surface area contributed by atoms with Crippen molar-refractivity contribution in [1.29, 1.82) is 0 Å². The molecule has 0 aliphatic rings. The maximum Gasteiger partial charge on any atom is 4.00 e. The van der Waals surface area contributed by atoms with Gasteiger partial charge in [-0.15, -0.1) is 0 Å². The van der Waals surface area contributed by atoms with E-state index in [0.29, 0.717) is 0 Å². The van der Waals surface area contributed by atoms with Gasteiger partial charge >= 0.3 is 21.1 Å². The molecule has 0 unspecified atom stereocenters. The molecule has 0 N–H and O–H groups in total. The molecule has 0 amide bonds. The Balaban J connectivity index is -0.0000000720. The Kier molecular flexibility index (Phi) is 21.6. The monoisotopic (exact) mass is 355 g/mol. The van der Waals surface area contributed by atoms with Crippen molar-refractivity contribution in [1.82, 2.24) is 0 Å². The second-order valence-corrected chi connectivity index (χ2v) is 1.50. The predicted octanol–water partition coefficient (Wildman–Crippen LogP) is -3.81. The molecule has 0 atom stereocenters. The minimum atomic E-state index is -3.63. The van der Waals surface area contributed by atoms with Gasteiger partial charge in [-0.3, -0.25) is 0 Å². The molecule has 0 aromatic rings. The van der Waals surface area contributed by atoms with Crippen molar-refractivity contribution in [2.24, 2.45) is 0 Å². The second kappa shape index (κ2) is 11.7. The van der Waals surface area contributed by atoms with Crippen LogP contribution in [0.4, 0.5) is 0 Å². The Bertz CT molecular complexity index is 69.1. The van der Waals surface area contributed by atoms with Gasteiger partial charge in [-0.1, -0.05) is 16.5 Å². The average molecular weight is 355 g/mol. The summed E-state index contributed by atoms with van der Waals surface area (Å²) >= 11 is 0. The molecule has 0 aliphatic carbocycles. The first-order valence-electron chi connectivity index (χ1n) is 1.22. The SMILES string of the molecule is O=[PH]([O-])[O-].O=[PH]([O-])[O-].[Pt+4]. The van der Waals surface area contributed by atoms with Gasteiger partial charge < -0.3 is 28.7 Å². The summed E-state index contributed by atoms with van der Waals surface area (Å²) in [6, 6.07) is 0. The Morgan fingerprint density at radius 2 is 0.778 bits per heavy atom. The van der Waals surface area contributed by atoms with Crippen LogP contribution in [0.2, 0.25) is 0 Å². The van der Waals surface area contributed by atoms with Crippen molar-refractivity contribution in [3.63, 3.8) is 0 Å². The van der Waals surface area contributed by atoms with E-state index in [2.05, 4.69) is 0 Å². The van der Waals surface area contributed by atoms with E-state index in [4.69, 9.17) is 28.7 Å². The Hall–Kier alpha value is 0.988. The molecule has 0 saturated heterocycles. The summed E-state index contributed by atoms with van der Waals surface area (Å²) < 4.78 is 17.0. The molecule has 0 bridgehead atoms. The molecule has 6 nitrogen and oxygen atoms in total. The van der Waals surface area contributed by atoms with Gasteiger partial charge in [0.2, 0.25) is 0 Å². The Morgan fingerprint density at radius 1 is 0.778 bits per heavy atom. The van der Waals surface area contributed by atoms with Crippen molar-refractivity contribution < 1.29 is 49.8 Å². The largest absolute Gasteiger partial charge is 4.00 e. The van der Waals surface area contributed by atoms with Gasteiger partial charge in [0, 0.05) is 0 Å². The fraction of sp³-hybridized carbons (Fsp3) is 0. The van der Waals surface area contributed by atoms with E-state index in [9.17, 15) is 0 Å². The van der Waals surface area contributed by atoms with E-state index in [1.165, 1.54) is 0 Å². The smallest absolute Gasteiger partial charge is 0.813 e. The summed E-state index contributed by atoms with van der Waals surface area (Å²) in [4.78, 5) is 34.1. The van der Waals surface area contributed by atoms with Crippen LogP contribution in [0.1, 0.15) is 0 Å². The van der Waals surface area contributed by atoms with Crippen molar-refractivity contribution in [3.05, 3.63) is 0 Å². The van der Waals surface area contributed by atoms with Gasteiger partial charge in [-0.05, 0) is 0 Å². The summed E-state index contributed by atoms with van der Waals surface area (Å²) in [6.07, 6.45) is 0. The predicted molar refractivity (Wildman–Crippen MR) is 18.0 cm³/mol. The minimum absolute atomic E-state index is 0. The zero-order valence-electron chi connectivity index (χ0n) is 3.77. The fourth-order valence-corrected chi connectivity index (χ4v) is 0. The van der Waals surface area contributed by atoms with Crippen LogP contribution in [0.5, 0.6) is 0 Å². The van der Waals surface area contributed by atoms with E-state index < -0.39 is 16.5 Å². The molecule has 0 radical (unpaired) electrons. The number of hydrogen-bond donors (Lipinski definition) is 0. The molecule has 9 heavy (non-hydrogen) atoms. The van der Waals surface area contributed by atoms with E-state index in [1.807, 2.05) is 0 Å². The first-order chi connectivity index (χ1) is 3.46. The maximum absolute atomic E-state index is 8.52. The van der Waals surface area contributed by atoms with Gasteiger partial charge in [0.25, 0.3) is 0 Å². The first kappa shape index (κ1) is 16.5. The summed E-state index contributed by atoms with van der Waals surface area (Å²) in [5, 5.41) is 0. The minimum Gasteiger partial charge on any atom is -0.813 e. The van der Waals surface area contributed by atoms with Crippen LogP contribution in [0.3, 0.4) is 0 Å². The van der Waals surface area contributed by atoms with Crippen molar-refractivity contribution in [3.8, 4) is 0 Å². The van der Waals surface area contributed by atoms with E-state index >= 15 is 0 Å². The van der Waals surface area contributed by atoms with Crippen LogP contribution >= 0.6 is 16.5 Å². The molecule has 0 fully saturated rings. The van der Waals surface area contributed by atoms with Gasteiger partial charge in [-0.25, -0.2) is 0 Å². The molecular formula is H2O6P2Pt. The molecule has 0 spiro atoms. The molecule has 9 heteroatoms. The number of rotatable bonds is 0. The van der Waals surface area contributed by atoms with Gasteiger partial charge in [0.05, 0.1) is 0 Å². The van der Waals surface area contributed by atoms with Gasteiger partial charge in [0.1, 0.15) is 0 Å². The molecule has 58 valence electrons. The van der Waals surface area contributed by atoms with Crippen LogP contribution in [-0.2, 0) is 30.2 Å². The van der Waals surface area contributed by atoms with Crippen molar-refractivity contribution in [2.75, 3.05) is 0 Å². The number of hydrogen-bond acceptors (Lipinski definition) is 6. The molecule has 0 aromatic heterocycles. The fourth-order valence-electron chi connectivity index (χ4n) is 0. The summed E-state index contributed by atoms with van der Waals surface area (Å²) in [5.74, 6) is 0. The standard InChI is InChI=1S/2H3O3P.Pt/c2*1-4(2)3;/h2*4H,(H2,1,2,3);/q;;+4/p-4. The maximum atomic E-state index is 8.52.